The fourth-order valence-electron chi connectivity index (χ4n) is 3.69. The summed E-state index contributed by atoms with van der Waals surface area (Å²) in [5.41, 5.74) is 10.9. The van der Waals surface area contributed by atoms with Crippen LogP contribution in [0.25, 0.3) is 0 Å². The Bertz CT molecular complexity index is 877. The average molecular weight is 382 g/mol. The number of aromatic nitrogens is 3. The summed E-state index contributed by atoms with van der Waals surface area (Å²) >= 11 is 6.23. The van der Waals surface area contributed by atoms with Crippen LogP contribution >= 0.6 is 11.6 Å². The number of pyridine rings is 1. The number of aliphatic carboxylic acids is 1. The van der Waals surface area contributed by atoms with Gasteiger partial charge in [-0.3, -0.25) is 4.98 Å². The van der Waals surface area contributed by atoms with Crippen LogP contribution in [0.3, 0.4) is 0 Å². The molecule has 0 amide bonds. The van der Waals surface area contributed by atoms with Crippen molar-refractivity contribution in [2.45, 2.75) is 46.1 Å². The number of hydrogen-bond donors (Lipinski definition) is 1. The van der Waals surface area contributed by atoms with Crippen molar-refractivity contribution in [1.29, 1.82) is 0 Å². The standard InChI is InChI=1S/C18H22ClN5O2.Li/c1-4-12-9(2)6-21-13(10(12)3)8-24-7-11(5-14(25)26)15-16(19)22-18(20)23-17(15)24;/h6,11H,4-5,7-8H2,1-3H3,(H,25,26)(H2,20,22,23);/q;+1/p-1/t11-;/m1./s1. The molecule has 1 atom stereocenters. The van der Waals surface area contributed by atoms with E-state index in [1.165, 1.54) is 11.1 Å². The molecule has 2 N–H and O–H groups in total. The maximum absolute atomic E-state index is 11.1. The zero-order valence-corrected chi connectivity index (χ0v) is 16.8. The SMILES string of the molecule is CCc1c(C)cnc(CN2C[C@@H](CC(=O)[O-])c3c(Cl)nc(N)nc32)c1C.[Li+]. The molecule has 0 unspecified atom stereocenters. The molecule has 0 bridgehead atoms. The molecule has 0 fully saturated rings. The number of nitrogens with zero attached hydrogens (tertiary/aromatic N) is 4. The second kappa shape index (κ2) is 8.47. The van der Waals surface area contributed by atoms with E-state index in [-0.39, 0.29) is 42.3 Å². The van der Waals surface area contributed by atoms with Crippen LogP contribution in [0.2, 0.25) is 5.15 Å². The van der Waals surface area contributed by atoms with Gasteiger partial charge in [0.15, 0.2) is 0 Å². The first-order chi connectivity index (χ1) is 12.3. The van der Waals surface area contributed by atoms with Gasteiger partial charge in [-0.1, -0.05) is 18.5 Å². The number of carboxylic acids is 1. The number of rotatable bonds is 5. The second-order valence-corrected chi connectivity index (χ2v) is 6.97. The van der Waals surface area contributed by atoms with Crippen molar-refractivity contribution in [1.82, 2.24) is 15.0 Å². The molecule has 1 aliphatic heterocycles. The van der Waals surface area contributed by atoms with Crippen LogP contribution < -0.4 is 34.6 Å². The van der Waals surface area contributed by atoms with Crippen molar-refractivity contribution in [2.24, 2.45) is 0 Å². The maximum atomic E-state index is 11.1. The molecule has 3 rings (SSSR count). The van der Waals surface area contributed by atoms with Crippen molar-refractivity contribution >= 4 is 29.3 Å². The van der Waals surface area contributed by atoms with Gasteiger partial charge in [0, 0.05) is 30.2 Å². The number of aryl methyl sites for hydroxylation is 1. The third kappa shape index (κ3) is 4.21. The van der Waals surface area contributed by atoms with Crippen LogP contribution in [-0.4, -0.2) is 27.5 Å². The van der Waals surface area contributed by atoms with Crippen LogP contribution in [0.1, 0.15) is 47.2 Å². The molecule has 2 aromatic heterocycles. The van der Waals surface area contributed by atoms with Gasteiger partial charge >= 0.3 is 18.9 Å². The largest absolute Gasteiger partial charge is 1.00 e. The summed E-state index contributed by atoms with van der Waals surface area (Å²) in [4.78, 5) is 26.0. The van der Waals surface area contributed by atoms with E-state index in [2.05, 4.69) is 35.7 Å². The molecule has 0 saturated heterocycles. The summed E-state index contributed by atoms with van der Waals surface area (Å²) < 4.78 is 0. The molecule has 2 aromatic rings. The molecular weight excluding hydrogens is 361 g/mol. The number of anilines is 2. The summed E-state index contributed by atoms with van der Waals surface area (Å²) in [6.45, 7) is 7.19. The molecule has 0 spiro atoms. The third-order valence-electron chi connectivity index (χ3n) is 4.93. The normalized spacial score (nSPS) is 15.4. The summed E-state index contributed by atoms with van der Waals surface area (Å²) in [5.74, 6) is -0.822. The van der Waals surface area contributed by atoms with Crippen molar-refractivity contribution < 1.29 is 28.8 Å². The molecule has 3 heterocycles. The Labute approximate surface area is 175 Å². The van der Waals surface area contributed by atoms with E-state index >= 15 is 0 Å². The van der Waals surface area contributed by atoms with Gasteiger partial charge in [0.1, 0.15) is 11.0 Å². The second-order valence-electron chi connectivity index (χ2n) is 6.61. The summed E-state index contributed by atoms with van der Waals surface area (Å²) in [7, 11) is 0. The van der Waals surface area contributed by atoms with Gasteiger partial charge in [-0.25, -0.2) is 4.98 Å². The topological polar surface area (TPSA) is 108 Å². The molecule has 138 valence electrons. The molecule has 7 nitrogen and oxygen atoms in total. The molecule has 0 radical (unpaired) electrons. The molecule has 9 heteroatoms. The molecule has 0 aliphatic carbocycles. The fourth-order valence-corrected chi connectivity index (χ4v) is 4.02. The summed E-state index contributed by atoms with van der Waals surface area (Å²) in [6.07, 6.45) is 2.66. The molecule has 1 aliphatic rings. The first-order valence-corrected chi connectivity index (χ1v) is 8.91. The Balaban J connectivity index is 0.00000261. The van der Waals surface area contributed by atoms with Crippen molar-refractivity contribution in [2.75, 3.05) is 17.2 Å². The van der Waals surface area contributed by atoms with Gasteiger partial charge < -0.3 is 20.5 Å². The van der Waals surface area contributed by atoms with Gasteiger partial charge in [0.05, 0.1) is 12.2 Å². The minimum absolute atomic E-state index is 0. The Morgan fingerprint density at radius 3 is 2.74 bits per heavy atom. The average Bonchev–Trinajstić information content (AvgIpc) is 2.87. The Hall–Kier alpha value is -1.81. The van der Waals surface area contributed by atoms with E-state index in [1.54, 1.807) is 0 Å². The molecule has 0 saturated carbocycles. The Kier molecular flexibility index (Phi) is 6.74. The number of carboxylic acid groups (broad SMARTS) is 1. The van der Waals surface area contributed by atoms with Gasteiger partial charge in [0.2, 0.25) is 5.95 Å². The predicted octanol–water partition coefficient (Wildman–Crippen LogP) is -1.47. The molecular formula is C18H21ClLiN5O2. The van der Waals surface area contributed by atoms with Gasteiger partial charge in [-0.05, 0) is 43.4 Å². The monoisotopic (exact) mass is 381 g/mol. The van der Waals surface area contributed by atoms with Crippen LogP contribution in [0, 0.1) is 13.8 Å². The number of nitrogen functional groups attached to an aromatic ring is 1. The van der Waals surface area contributed by atoms with Crippen molar-refractivity contribution in [3.63, 3.8) is 0 Å². The van der Waals surface area contributed by atoms with E-state index in [1.807, 2.05) is 11.1 Å². The van der Waals surface area contributed by atoms with Gasteiger partial charge in [0.25, 0.3) is 0 Å². The molecule has 0 aromatic carbocycles. The van der Waals surface area contributed by atoms with Gasteiger partial charge in [-0.15, -0.1) is 0 Å². The zero-order chi connectivity index (χ0) is 19.0. The van der Waals surface area contributed by atoms with Crippen LogP contribution in [0.4, 0.5) is 11.8 Å². The fraction of sp³-hybridized carbons (Fsp3) is 0.444. The van der Waals surface area contributed by atoms with E-state index in [4.69, 9.17) is 17.3 Å². The van der Waals surface area contributed by atoms with E-state index in [0.29, 0.717) is 24.5 Å². The zero-order valence-electron chi connectivity index (χ0n) is 16.0. The van der Waals surface area contributed by atoms with Crippen LogP contribution in [0.5, 0.6) is 0 Å². The summed E-state index contributed by atoms with van der Waals surface area (Å²) in [5, 5.41) is 11.3. The third-order valence-corrected chi connectivity index (χ3v) is 5.22. The Morgan fingerprint density at radius 2 is 2.11 bits per heavy atom. The predicted molar refractivity (Wildman–Crippen MR) is 98.0 cm³/mol. The number of hydrogen-bond acceptors (Lipinski definition) is 7. The van der Waals surface area contributed by atoms with Crippen molar-refractivity contribution in [3.05, 3.63) is 39.3 Å². The number of fused-ring (bicyclic) bond motifs is 1. The van der Waals surface area contributed by atoms with Crippen LogP contribution in [-0.2, 0) is 17.8 Å². The first-order valence-electron chi connectivity index (χ1n) is 8.53. The smallest absolute Gasteiger partial charge is 0.550 e. The van der Waals surface area contributed by atoms with Crippen molar-refractivity contribution in [3.8, 4) is 0 Å². The maximum Gasteiger partial charge on any atom is 1.00 e. The first kappa shape index (κ1) is 21.5. The molecule has 27 heavy (non-hydrogen) atoms. The van der Waals surface area contributed by atoms with E-state index < -0.39 is 5.97 Å². The van der Waals surface area contributed by atoms with Crippen LogP contribution in [0.15, 0.2) is 6.20 Å². The quantitative estimate of drug-likeness (QED) is 0.498. The summed E-state index contributed by atoms with van der Waals surface area (Å²) in [6, 6.07) is 0. The van der Waals surface area contributed by atoms with E-state index in [0.717, 1.165) is 17.7 Å². The number of halogens is 1. The number of nitrogens with two attached hydrogens (primary N) is 1. The number of carbonyl (C=O) groups is 1. The van der Waals surface area contributed by atoms with E-state index in [9.17, 15) is 9.90 Å². The minimum Gasteiger partial charge on any atom is -0.550 e. The Morgan fingerprint density at radius 1 is 1.41 bits per heavy atom. The van der Waals surface area contributed by atoms with Gasteiger partial charge in [-0.2, -0.15) is 4.98 Å². The minimum atomic E-state index is -1.13. The number of carbonyl (C=O) groups excluding carboxylic acids is 1.